The number of carbonyl (C=O) groups is 1. The van der Waals surface area contributed by atoms with Crippen molar-refractivity contribution in [1.29, 1.82) is 0 Å². The van der Waals surface area contributed by atoms with Crippen LogP contribution in [-0.2, 0) is 0 Å². The molecule has 0 aromatic carbocycles. The molecule has 1 aliphatic rings. The number of carboxylic acid groups (broad SMARTS) is 1. The van der Waals surface area contributed by atoms with E-state index in [0.29, 0.717) is 5.92 Å². The van der Waals surface area contributed by atoms with Crippen LogP contribution in [0.2, 0.25) is 0 Å². The number of pyridine rings is 1. The largest absolute Gasteiger partial charge is 0.478 e. The Balaban J connectivity index is 2.23. The highest BCUT2D eigenvalue weighted by molar-refractivity contribution is 5.88. The SMILES string of the molecule is CC1CC(Nc2ncc(C(=O)O)cc2[N+](=O)[O-])C1. The molecule has 18 heavy (non-hydrogen) atoms. The fraction of sp³-hybridized carbons (Fsp3) is 0.455. The molecule has 0 unspecified atom stereocenters. The van der Waals surface area contributed by atoms with Gasteiger partial charge in [-0.05, 0) is 18.8 Å². The lowest BCUT2D eigenvalue weighted by Gasteiger charge is -2.33. The molecule has 0 saturated heterocycles. The highest BCUT2D eigenvalue weighted by Gasteiger charge is 2.28. The van der Waals surface area contributed by atoms with Gasteiger partial charge in [0, 0.05) is 18.3 Å². The number of nitrogens with one attached hydrogen (secondary N) is 1. The molecule has 2 N–H and O–H groups in total. The van der Waals surface area contributed by atoms with Crippen LogP contribution in [0.4, 0.5) is 11.5 Å². The Morgan fingerprint density at radius 1 is 1.61 bits per heavy atom. The van der Waals surface area contributed by atoms with Crippen molar-refractivity contribution in [3.8, 4) is 0 Å². The number of aromatic nitrogens is 1. The van der Waals surface area contributed by atoms with Crippen molar-refractivity contribution >= 4 is 17.5 Å². The third-order valence-corrected chi connectivity index (χ3v) is 3.03. The first-order chi connectivity index (χ1) is 8.47. The van der Waals surface area contributed by atoms with Crippen molar-refractivity contribution in [1.82, 2.24) is 4.98 Å². The van der Waals surface area contributed by atoms with E-state index in [1.807, 2.05) is 0 Å². The molecule has 96 valence electrons. The predicted octanol–water partition coefficient (Wildman–Crippen LogP) is 1.90. The van der Waals surface area contributed by atoms with Gasteiger partial charge in [-0.3, -0.25) is 10.1 Å². The van der Waals surface area contributed by atoms with Crippen molar-refractivity contribution in [3.63, 3.8) is 0 Å². The Kier molecular flexibility index (Phi) is 3.14. The summed E-state index contributed by atoms with van der Waals surface area (Å²) in [7, 11) is 0. The van der Waals surface area contributed by atoms with Crippen LogP contribution >= 0.6 is 0 Å². The van der Waals surface area contributed by atoms with E-state index in [2.05, 4.69) is 17.2 Å². The van der Waals surface area contributed by atoms with Crippen LogP contribution in [0.1, 0.15) is 30.1 Å². The van der Waals surface area contributed by atoms with Crippen LogP contribution in [0.3, 0.4) is 0 Å². The highest BCUT2D eigenvalue weighted by Crippen LogP contribution is 2.32. The maximum atomic E-state index is 10.9. The molecule has 2 rings (SSSR count). The standard InChI is InChI=1S/C11H13N3O4/c1-6-2-8(3-6)13-10-9(14(17)18)4-7(5-12-10)11(15)16/h4-6,8H,2-3H2,1H3,(H,12,13)(H,15,16). The van der Waals surface area contributed by atoms with Gasteiger partial charge in [-0.2, -0.15) is 0 Å². The molecule has 0 amide bonds. The normalized spacial score (nSPS) is 22.1. The van der Waals surface area contributed by atoms with E-state index >= 15 is 0 Å². The van der Waals surface area contributed by atoms with Crippen molar-refractivity contribution in [2.75, 3.05) is 5.32 Å². The minimum absolute atomic E-state index is 0.141. The van der Waals surface area contributed by atoms with Crippen LogP contribution in [0.5, 0.6) is 0 Å². The molecule has 0 atom stereocenters. The molecule has 1 aliphatic carbocycles. The molecule has 0 radical (unpaired) electrons. The van der Waals surface area contributed by atoms with Crippen LogP contribution < -0.4 is 5.32 Å². The Hall–Kier alpha value is -2.18. The van der Waals surface area contributed by atoms with Gasteiger partial charge >= 0.3 is 11.7 Å². The van der Waals surface area contributed by atoms with Gasteiger partial charge in [-0.15, -0.1) is 0 Å². The fourth-order valence-corrected chi connectivity index (χ4v) is 2.03. The smallest absolute Gasteiger partial charge is 0.337 e. The summed E-state index contributed by atoms with van der Waals surface area (Å²) in [6.45, 7) is 2.10. The number of nitrogens with zero attached hydrogens (tertiary/aromatic N) is 2. The van der Waals surface area contributed by atoms with E-state index in [1.165, 1.54) is 0 Å². The van der Waals surface area contributed by atoms with Gasteiger partial charge in [0.15, 0.2) is 0 Å². The van der Waals surface area contributed by atoms with Gasteiger partial charge in [0.05, 0.1) is 10.5 Å². The highest BCUT2D eigenvalue weighted by atomic mass is 16.6. The second-order valence-corrected chi connectivity index (χ2v) is 4.57. The molecule has 1 fully saturated rings. The Bertz CT molecular complexity index is 497. The van der Waals surface area contributed by atoms with E-state index in [1.54, 1.807) is 0 Å². The van der Waals surface area contributed by atoms with Gasteiger partial charge < -0.3 is 10.4 Å². The fourth-order valence-electron chi connectivity index (χ4n) is 2.03. The molecular formula is C11H13N3O4. The van der Waals surface area contributed by atoms with E-state index in [0.717, 1.165) is 25.1 Å². The van der Waals surface area contributed by atoms with Crippen molar-refractivity contribution in [2.45, 2.75) is 25.8 Å². The van der Waals surface area contributed by atoms with Gasteiger partial charge in [-0.25, -0.2) is 9.78 Å². The van der Waals surface area contributed by atoms with Gasteiger partial charge in [0.25, 0.3) is 0 Å². The summed E-state index contributed by atoms with van der Waals surface area (Å²) in [4.78, 5) is 24.8. The number of rotatable bonds is 4. The van der Waals surface area contributed by atoms with Crippen LogP contribution in [0.15, 0.2) is 12.3 Å². The molecular weight excluding hydrogens is 238 g/mol. The average molecular weight is 251 g/mol. The molecule has 7 heteroatoms. The second-order valence-electron chi connectivity index (χ2n) is 4.57. The lowest BCUT2D eigenvalue weighted by atomic mass is 9.82. The number of hydrogen-bond donors (Lipinski definition) is 2. The molecule has 0 spiro atoms. The minimum Gasteiger partial charge on any atom is -0.478 e. The summed E-state index contributed by atoms with van der Waals surface area (Å²) in [6.07, 6.45) is 3.01. The first-order valence-electron chi connectivity index (χ1n) is 5.61. The summed E-state index contributed by atoms with van der Waals surface area (Å²) in [5.74, 6) is -0.476. The maximum Gasteiger partial charge on any atom is 0.337 e. The number of anilines is 1. The number of carboxylic acids is 1. The molecule has 1 aromatic rings. The van der Waals surface area contributed by atoms with Crippen LogP contribution in [-0.4, -0.2) is 27.0 Å². The molecule has 0 aliphatic heterocycles. The summed E-state index contributed by atoms with van der Waals surface area (Å²) >= 11 is 0. The van der Waals surface area contributed by atoms with Crippen LogP contribution in [0, 0.1) is 16.0 Å². The quantitative estimate of drug-likeness (QED) is 0.625. The topological polar surface area (TPSA) is 105 Å². The minimum atomic E-state index is -1.23. The van der Waals surface area contributed by atoms with Crippen LogP contribution in [0.25, 0.3) is 0 Å². The monoisotopic (exact) mass is 251 g/mol. The summed E-state index contributed by atoms with van der Waals surface area (Å²) in [6, 6.07) is 1.21. The third-order valence-electron chi connectivity index (χ3n) is 3.03. The van der Waals surface area contributed by atoms with E-state index in [4.69, 9.17) is 5.11 Å². The molecule has 0 bridgehead atoms. The first-order valence-corrected chi connectivity index (χ1v) is 5.61. The zero-order chi connectivity index (χ0) is 13.3. The van der Waals surface area contributed by atoms with Gasteiger partial charge in [-0.1, -0.05) is 6.92 Å². The van der Waals surface area contributed by atoms with Crippen molar-refractivity contribution in [3.05, 3.63) is 27.9 Å². The Labute approximate surface area is 103 Å². The lowest BCUT2D eigenvalue weighted by Crippen LogP contribution is -2.34. The Morgan fingerprint density at radius 2 is 2.28 bits per heavy atom. The summed E-state index contributed by atoms with van der Waals surface area (Å²) < 4.78 is 0. The predicted molar refractivity (Wildman–Crippen MR) is 63.7 cm³/mol. The first kappa shape index (κ1) is 12.3. The van der Waals surface area contributed by atoms with E-state index in [9.17, 15) is 14.9 Å². The molecule has 7 nitrogen and oxygen atoms in total. The Morgan fingerprint density at radius 3 is 2.78 bits per heavy atom. The number of aromatic carboxylic acids is 1. The van der Waals surface area contributed by atoms with Crippen molar-refractivity contribution in [2.24, 2.45) is 5.92 Å². The summed E-state index contributed by atoms with van der Waals surface area (Å²) in [5, 5.41) is 22.6. The van der Waals surface area contributed by atoms with E-state index < -0.39 is 10.9 Å². The zero-order valence-corrected chi connectivity index (χ0v) is 9.79. The third kappa shape index (κ3) is 2.39. The molecule has 1 saturated carbocycles. The van der Waals surface area contributed by atoms with Gasteiger partial charge in [0.2, 0.25) is 5.82 Å². The maximum absolute atomic E-state index is 10.9. The van der Waals surface area contributed by atoms with Crippen molar-refractivity contribution < 1.29 is 14.8 Å². The van der Waals surface area contributed by atoms with E-state index in [-0.39, 0.29) is 23.1 Å². The zero-order valence-electron chi connectivity index (χ0n) is 9.79. The number of nitro groups is 1. The second kappa shape index (κ2) is 4.59. The molecule has 1 aromatic heterocycles. The number of hydrogen-bond acceptors (Lipinski definition) is 5. The average Bonchev–Trinajstić information content (AvgIpc) is 2.26. The summed E-state index contributed by atoms with van der Waals surface area (Å²) in [5.41, 5.74) is -0.483. The molecule has 1 heterocycles. The lowest BCUT2D eigenvalue weighted by molar-refractivity contribution is -0.384. The van der Waals surface area contributed by atoms with Gasteiger partial charge in [0.1, 0.15) is 0 Å².